The van der Waals surface area contributed by atoms with Crippen molar-refractivity contribution in [3.8, 4) is 5.75 Å². The minimum atomic E-state index is -0.0164. The Morgan fingerprint density at radius 1 is 0.917 bits per heavy atom. The molecular weight excluding hydrogens is 300 g/mol. The molecule has 1 fully saturated rings. The predicted octanol–water partition coefficient (Wildman–Crippen LogP) is 2.92. The molecular formula is C20H20N2O2. The first kappa shape index (κ1) is 15.0. The molecule has 0 atom stereocenters. The summed E-state index contributed by atoms with van der Waals surface area (Å²) in [5.41, 5.74) is 2.00. The van der Waals surface area contributed by atoms with Gasteiger partial charge in [0, 0.05) is 38.9 Å². The summed E-state index contributed by atoms with van der Waals surface area (Å²) in [5, 5.41) is 0. The lowest BCUT2D eigenvalue weighted by Gasteiger charge is -2.34. The molecule has 0 saturated carbocycles. The number of Topliss-reactive ketones (excluding diaryl/α,β-unsaturated/α-hetero) is 1. The lowest BCUT2D eigenvalue weighted by molar-refractivity contribution is 0.100. The minimum absolute atomic E-state index is 0.0164. The van der Waals surface area contributed by atoms with Crippen molar-refractivity contribution < 1.29 is 9.53 Å². The SMILES string of the molecule is O=C1/C(=C/N2CCN(Cc3ccccc3)CC2)Oc2ccccc21. The van der Waals surface area contributed by atoms with Crippen LogP contribution >= 0.6 is 0 Å². The number of allylic oxidation sites excluding steroid dienone is 1. The Labute approximate surface area is 142 Å². The number of carbonyl (C=O) groups is 1. The van der Waals surface area contributed by atoms with E-state index in [2.05, 4.69) is 34.1 Å². The summed E-state index contributed by atoms with van der Waals surface area (Å²) in [6.45, 7) is 4.76. The molecule has 4 nitrogen and oxygen atoms in total. The van der Waals surface area contributed by atoms with Gasteiger partial charge in [-0.05, 0) is 17.7 Å². The Kier molecular flexibility index (Phi) is 4.05. The van der Waals surface area contributed by atoms with Gasteiger partial charge in [0.25, 0.3) is 0 Å². The average molecular weight is 320 g/mol. The zero-order chi connectivity index (χ0) is 16.4. The molecule has 0 unspecified atom stereocenters. The third-order valence-electron chi connectivity index (χ3n) is 4.53. The topological polar surface area (TPSA) is 32.8 Å². The number of hydrogen-bond donors (Lipinski definition) is 0. The molecule has 0 aliphatic carbocycles. The number of carbonyl (C=O) groups excluding carboxylic acids is 1. The normalized spacial score (nSPS) is 19.4. The maximum Gasteiger partial charge on any atom is 0.233 e. The van der Waals surface area contributed by atoms with Gasteiger partial charge in [-0.3, -0.25) is 9.69 Å². The summed E-state index contributed by atoms with van der Waals surface area (Å²) in [5.74, 6) is 1.08. The number of nitrogens with zero attached hydrogens (tertiary/aromatic N) is 2. The molecule has 2 aromatic rings. The van der Waals surface area contributed by atoms with Gasteiger partial charge in [-0.25, -0.2) is 0 Å². The van der Waals surface area contributed by atoms with Gasteiger partial charge < -0.3 is 9.64 Å². The van der Waals surface area contributed by atoms with E-state index < -0.39 is 0 Å². The lowest BCUT2D eigenvalue weighted by Crippen LogP contribution is -2.43. The molecule has 0 bridgehead atoms. The molecule has 2 aromatic carbocycles. The van der Waals surface area contributed by atoms with Gasteiger partial charge in [0.2, 0.25) is 5.78 Å². The number of fused-ring (bicyclic) bond motifs is 1. The Morgan fingerprint density at radius 3 is 2.38 bits per heavy atom. The number of rotatable bonds is 3. The summed E-state index contributed by atoms with van der Waals surface area (Å²) >= 11 is 0. The summed E-state index contributed by atoms with van der Waals surface area (Å²) < 4.78 is 5.70. The van der Waals surface area contributed by atoms with Crippen LogP contribution in [-0.4, -0.2) is 41.8 Å². The lowest BCUT2D eigenvalue weighted by atomic mass is 10.1. The molecule has 2 aliphatic rings. The first-order valence-corrected chi connectivity index (χ1v) is 8.33. The standard InChI is InChI=1S/C20H20N2O2/c23-20-17-8-4-5-9-18(17)24-19(20)15-22-12-10-21(11-13-22)14-16-6-2-1-3-7-16/h1-9,15H,10-14H2/b19-15-. The molecule has 0 aromatic heterocycles. The van der Waals surface area contributed by atoms with E-state index in [9.17, 15) is 4.79 Å². The van der Waals surface area contributed by atoms with E-state index in [-0.39, 0.29) is 5.78 Å². The fourth-order valence-corrected chi connectivity index (χ4v) is 3.18. The van der Waals surface area contributed by atoms with Crippen LogP contribution < -0.4 is 4.74 Å². The fourth-order valence-electron chi connectivity index (χ4n) is 3.18. The van der Waals surface area contributed by atoms with E-state index in [0.717, 1.165) is 32.7 Å². The molecule has 4 heteroatoms. The van der Waals surface area contributed by atoms with Crippen LogP contribution in [0.5, 0.6) is 5.75 Å². The fraction of sp³-hybridized carbons (Fsp3) is 0.250. The number of ketones is 1. The second-order valence-electron chi connectivity index (χ2n) is 6.22. The molecule has 0 N–H and O–H groups in total. The summed E-state index contributed by atoms with van der Waals surface area (Å²) in [6, 6.07) is 17.9. The van der Waals surface area contributed by atoms with Crippen molar-refractivity contribution in [2.45, 2.75) is 6.54 Å². The van der Waals surface area contributed by atoms with Crippen molar-refractivity contribution in [1.29, 1.82) is 0 Å². The van der Waals surface area contributed by atoms with Crippen LogP contribution in [0.15, 0.2) is 66.6 Å². The van der Waals surface area contributed by atoms with Crippen LogP contribution in [0.2, 0.25) is 0 Å². The van der Waals surface area contributed by atoms with Crippen LogP contribution in [0, 0.1) is 0 Å². The van der Waals surface area contributed by atoms with E-state index in [1.165, 1.54) is 5.56 Å². The highest BCUT2D eigenvalue weighted by molar-refractivity contribution is 6.12. The summed E-state index contributed by atoms with van der Waals surface area (Å²) in [6.07, 6.45) is 1.88. The summed E-state index contributed by atoms with van der Waals surface area (Å²) in [7, 11) is 0. The third-order valence-corrected chi connectivity index (χ3v) is 4.53. The highest BCUT2D eigenvalue weighted by Gasteiger charge is 2.28. The van der Waals surface area contributed by atoms with Gasteiger partial charge in [-0.2, -0.15) is 0 Å². The second kappa shape index (κ2) is 6.49. The van der Waals surface area contributed by atoms with E-state index in [1.807, 2.05) is 36.5 Å². The number of benzene rings is 2. The molecule has 0 spiro atoms. The minimum Gasteiger partial charge on any atom is -0.451 e. The van der Waals surface area contributed by atoms with Crippen LogP contribution in [0.4, 0.5) is 0 Å². The van der Waals surface area contributed by atoms with Crippen LogP contribution in [-0.2, 0) is 6.54 Å². The molecule has 0 amide bonds. The van der Waals surface area contributed by atoms with Gasteiger partial charge in [0.05, 0.1) is 5.56 Å². The monoisotopic (exact) mass is 320 g/mol. The number of ether oxygens (including phenoxy) is 1. The second-order valence-corrected chi connectivity index (χ2v) is 6.22. The highest BCUT2D eigenvalue weighted by Crippen LogP contribution is 2.30. The molecule has 1 saturated heterocycles. The van der Waals surface area contributed by atoms with Crippen molar-refractivity contribution >= 4 is 5.78 Å². The van der Waals surface area contributed by atoms with Gasteiger partial charge >= 0.3 is 0 Å². The predicted molar refractivity (Wildman–Crippen MR) is 92.8 cm³/mol. The van der Waals surface area contributed by atoms with Crippen LogP contribution in [0.25, 0.3) is 0 Å². The van der Waals surface area contributed by atoms with E-state index in [0.29, 0.717) is 17.1 Å². The maximum absolute atomic E-state index is 12.3. The molecule has 24 heavy (non-hydrogen) atoms. The van der Waals surface area contributed by atoms with Crippen molar-refractivity contribution in [3.63, 3.8) is 0 Å². The zero-order valence-corrected chi connectivity index (χ0v) is 13.5. The van der Waals surface area contributed by atoms with Crippen LogP contribution in [0.3, 0.4) is 0 Å². The number of piperazine rings is 1. The van der Waals surface area contributed by atoms with Gasteiger partial charge in [-0.15, -0.1) is 0 Å². The van der Waals surface area contributed by atoms with Crippen molar-refractivity contribution in [2.75, 3.05) is 26.2 Å². The van der Waals surface area contributed by atoms with E-state index in [4.69, 9.17) is 4.74 Å². The Morgan fingerprint density at radius 2 is 1.62 bits per heavy atom. The Bertz CT molecular complexity index is 762. The first-order valence-electron chi connectivity index (χ1n) is 8.33. The largest absolute Gasteiger partial charge is 0.451 e. The van der Waals surface area contributed by atoms with E-state index >= 15 is 0 Å². The van der Waals surface area contributed by atoms with Crippen molar-refractivity contribution in [1.82, 2.24) is 9.80 Å². The summed E-state index contributed by atoms with van der Waals surface area (Å²) in [4.78, 5) is 17.0. The maximum atomic E-state index is 12.3. The molecule has 2 aliphatic heterocycles. The van der Waals surface area contributed by atoms with Crippen LogP contribution in [0.1, 0.15) is 15.9 Å². The van der Waals surface area contributed by atoms with Gasteiger partial charge in [0.1, 0.15) is 5.75 Å². The quantitative estimate of drug-likeness (QED) is 0.814. The van der Waals surface area contributed by atoms with Gasteiger partial charge in [-0.1, -0.05) is 42.5 Å². The van der Waals surface area contributed by atoms with Gasteiger partial charge in [0.15, 0.2) is 5.76 Å². The number of hydrogen-bond acceptors (Lipinski definition) is 4. The molecule has 122 valence electrons. The van der Waals surface area contributed by atoms with E-state index in [1.54, 1.807) is 0 Å². The van der Waals surface area contributed by atoms with Crippen molar-refractivity contribution in [3.05, 3.63) is 77.7 Å². The Balaban J connectivity index is 1.36. The molecule has 0 radical (unpaired) electrons. The molecule has 4 rings (SSSR count). The van der Waals surface area contributed by atoms with Crippen molar-refractivity contribution in [2.24, 2.45) is 0 Å². The zero-order valence-electron chi connectivity index (χ0n) is 13.5. The average Bonchev–Trinajstić information content (AvgIpc) is 2.94. The Hall–Kier alpha value is -2.59. The first-order chi connectivity index (χ1) is 11.8. The highest BCUT2D eigenvalue weighted by atomic mass is 16.5. The molecule has 2 heterocycles. The number of para-hydroxylation sites is 1. The smallest absolute Gasteiger partial charge is 0.233 e. The third kappa shape index (κ3) is 3.05.